The van der Waals surface area contributed by atoms with Crippen molar-refractivity contribution in [2.45, 2.75) is 50.1 Å². The highest BCUT2D eigenvalue weighted by molar-refractivity contribution is 5.92. The van der Waals surface area contributed by atoms with E-state index in [-0.39, 0.29) is 29.7 Å². The number of benzene rings is 1. The number of ketones is 1. The van der Waals surface area contributed by atoms with Crippen LogP contribution in [0.2, 0.25) is 0 Å². The Kier molecular flexibility index (Phi) is 4.61. The lowest BCUT2D eigenvalue weighted by atomic mass is 9.47. The molecule has 1 amide bonds. The van der Waals surface area contributed by atoms with Crippen molar-refractivity contribution in [2.24, 2.45) is 35.1 Å². The fraction of sp³-hybridized carbons (Fsp3) is 0.619. The maximum atomic E-state index is 13.6. The van der Waals surface area contributed by atoms with E-state index < -0.39 is 6.04 Å². The van der Waals surface area contributed by atoms with E-state index in [2.05, 4.69) is 5.32 Å². The fourth-order valence-corrected chi connectivity index (χ4v) is 6.16. The first-order chi connectivity index (χ1) is 12.5. The predicted octanol–water partition coefficient (Wildman–Crippen LogP) is 1.40. The van der Waals surface area contributed by atoms with Crippen molar-refractivity contribution < 1.29 is 9.59 Å². The van der Waals surface area contributed by atoms with E-state index >= 15 is 0 Å². The molecule has 5 N–H and O–H groups in total. The molecule has 26 heavy (non-hydrogen) atoms. The molecule has 0 saturated heterocycles. The van der Waals surface area contributed by atoms with E-state index in [0.29, 0.717) is 24.2 Å². The van der Waals surface area contributed by atoms with Crippen LogP contribution < -0.4 is 16.8 Å². The van der Waals surface area contributed by atoms with Gasteiger partial charge in [0.2, 0.25) is 5.91 Å². The standard InChI is InChI=1S/C21H29N3O2/c22-12-18(25)24-17(9-13-4-2-1-3-5-13)20(26)19-16-7-14-6-15(8-16)11-21(19,23)10-14/h1-5,14-17,19H,6-12,22-23H2,(H,24,25)/t14?,15?,16?,17-,19?,21?/m0/s1. The van der Waals surface area contributed by atoms with Crippen molar-refractivity contribution in [1.29, 1.82) is 0 Å². The second kappa shape index (κ2) is 6.78. The van der Waals surface area contributed by atoms with Crippen LogP contribution in [0.1, 0.15) is 37.7 Å². The summed E-state index contributed by atoms with van der Waals surface area (Å²) in [6.45, 7) is -0.107. The number of hydrogen-bond acceptors (Lipinski definition) is 4. The highest BCUT2D eigenvalue weighted by atomic mass is 16.2. The number of nitrogens with two attached hydrogens (primary N) is 2. The lowest BCUT2D eigenvalue weighted by Crippen LogP contribution is -2.66. The van der Waals surface area contributed by atoms with Crippen LogP contribution >= 0.6 is 0 Å². The maximum absolute atomic E-state index is 13.6. The van der Waals surface area contributed by atoms with Crippen LogP contribution in [-0.4, -0.2) is 29.8 Å². The molecule has 5 rings (SSSR count). The molecule has 0 aliphatic heterocycles. The zero-order chi connectivity index (χ0) is 18.3. The summed E-state index contributed by atoms with van der Waals surface area (Å²) < 4.78 is 0. The smallest absolute Gasteiger partial charge is 0.234 e. The van der Waals surface area contributed by atoms with Crippen LogP contribution in [-0.2, 0) is 16.0 Å². The van der Waals surface area contributed by atoms with Crippen molar-refractivity contribution >= 4 is 11.7 Å². The second-order valence-corrected chi connectivity index (χ2v) is 8.73. The average Bonchev–Trinajstić information content (AvgIpc) is 2.60. The molecule has 1 aromatic rings. The third kappa shape index (κ3) is 3.19. The van der Waals surface area contributed by atoms with Gasteiger partial charge >= 0.3 is 0 Å². The summed E-state index contributed by atoms with van der Waals surface area (Å²) in [5.41, 5.74) is 12.9. The topological polar surface area (TPSA) is 98.2 Å². The van der Waals surface area contributed by atoms with Gasteiger partial charge in [-0.2, -0.15) is 0 Å². The Labute approximate surface area is 154 Å². The molecule has 140 valence electrons. The summed E-state index contributed by atoms with van der Waals surface area (Å²) in [6.07, 6.45) is 5.94. The van der Waals surface area contributed by atoms with Gasteiger partial charge < -0.3 is 16.8 Å². The number of carbonyl (C=O) groups excluding carboxylic acids is 2. The van der Waals surface area contributed by atoms with Gasteiger partial charge in [-0.3, -0.25) is 9.59 Å². The van der Waals surface area contributed by atoms with E-state index in [0.717, 1.165) is 31.2 Å². The fourth-order valence-electron chi connectivity index (χ4n) is 6.16. The van der Waals surface area contributed by atoms with Crippen LogP contribution in [0.15, 0.2) is 30.3 Å². The monoisotopic (exact) mass is 355 g/mol. The number of hydrogen-bond donors (Lipinski definition) is 3. The number of amides is 1. The molecule has 5 nitrogen and oxygen atoms in total. The highest BCUT2D eigenvalue weighted by Gasteiger charge is 2.58. The summed E-state index contributed by atoms with van der Waals surface area (Å²) in [6, 6.07) is 9.29. The van der Waals surface area contributed by atoms with Crippen molar-refractivity contribution in [3.63, 3.8) is 0 Å². The van der Waals surface area contributed by atoms with Gasteiger partial charge in [0, 0.05) is 11.5 Å². The van der Waals surface area contributed by atoms with Crippen molar-refractivity contribution in [3.8, 4) is 0 Å². The molecule has 4 bridgehead atoms. The Balaban J connectivity index is 1.58. The maximum Gasteiger partial charge on any atom is 0.234 e. The molecular formula is C21H29N3O2. The quantitative estimate of drug-likeness (QED) is 0.718. The summed E-state index contributed by atoms with van der Waals surface area (Å²) in [7, 11) is 0. The van der Waals surface area contributed by atoms with E-state index in [1.807, 2.05) is 30.3 Å². The molecule has 4 aliphatic rings. The zero-order valence-electron chi connectivity index (χ0n) is 15.2. The third-order valence-corrected chi connectivity index (χ3v) is 6.82. The minimum Gasteiger partial charge on any atom is -0.345 e. The Morgan fingerprint density at radius 2 is 1.77 bits per heavy atom. The van der Waals surface area contributed by atoms with Crippen LogP contribution in [0.4, 0.5) is 0 Å². The van der Waals surface area contributed by atoms with Crippen LogP contribution in [0.5, 0.6) is 0 Å². The van der Waals surface area contributed by atoms with Crippen LogP contribution in [0.3, 0.4) is 0 Å². The molecular weight excluding hydrogens is 326 g/mol. The summed E-state index contributed by atoms with van der Waals surface area (Å²) in [5, 5.41) is 2.87. The molecule has 5 heteroatoms. The van der Waals surface area contributed by atoms with Gasteiger partial charge in [-0.25, -0.2) is 0 Å². The molecule has 4 atom stereocenters. The molecule has 4 aliphatic carbocycles. The van der Waals surface area contributed by atoms with E-state index in [1.165, 1.54) is 6.42 Å². The third-order valence-electron chi connectivity index (χ3n) is 6.82. The van der Waals surface area contributed by atoms with E-state index in [1.54, 1.807) is 0 Å². The Morgan fingerprint density at radius 1 is 1.12 bits per heavy atom. The van der Waals surface area contributed by atoms with E-state index in [9.17, 15) is 9.59 Å². The van der Waals surface area contributed by atoms with E-state index in [4.69, 9.17) is 11.5 Å². The molecule has 0 spiro atoms. The highest BCUT2D eigenvalue weighted by Crippen LogP contribution is 2.57. The van der Waals surface area contributed by atoms with Crippen molar-refractivity contribution in [1.82, 2.24) is 5.32 Å². The predicted molar refractivity (Wildman–Crippen MR) is 100 cm³/mol. The molecule has 0 heterocycles. The number of rotatable bonds is 6. The van der Waals surface area contributed by atoms with Crippen molar-refractivity contribution in [2.75, 3.05) is 6.54 Å². The van der Waals surface area contributed by atoms with Gasteiger partial charge in [0.25, 0.3) is 0 Å². The lowest BCUT2D eigenvalue weighted by Gasteiger charge is -2.59. The van der Waals surface area contributed by atoms with Crippen LogP contribution in [0, 0.1) is 23.7 Å². The van der Waals surface area contributed by atoms with Gasteiger partial charge in [0.05, 0.1) is 12.6 Å². The van der Waals surface area contributed by atoms with Gasteiger partial charge in [-0.1, -0.05) is 30.3 Å². The first-order valence-electron chi connectivity index (χ1n) is 9.84. The molecule has 0 aromatic heterocycles. The van der Waals surface area contributed by atoms with Gasteiger partial charge in [0.15, 0.2) is 5.78 Å². The number of Topliss-reactive ketones (excluding diaryl/α,β-unsaturated/α-hetero) is 1. The Morgan fingerprint density at radius 3 is 2.35 bits per heavy atom. The van der Waals surface area contributed by atoms with Gasteiger partial charge in [0.1, 0.15) is 0 Å². The second-order valence-electron chi connectivity index (χ2n) is 8.73. The normalized spacial score (nSPS) is 35.9. The largest absolute Gasteiger partial charge is 0.345 e. The molecule has 4 fully saturated rings. The summed E-state index contributed by atoms with van der Waals surface area (Å²) >= 11 is 0. The Bertz CT molecular complexity index is 676. The van der Waals surface area contributed by atoms with Gasteiger partial charge in [-0.05, 0) is 61.8 Å². The first kappa shape index (κ1) is 17.7. The first-order valence-corrected chi connectivity index (χ1v) is 9.84. The van der Waals surface area contributed by atoms with Gasteiger partial charge in [-0.15, -0.1) is 0 Å². The minimum atomic E-state index is -0.545. The minimum absolute atomic E-state index is 0.107. The molecule has 3 unspecified atom stereocenters. The SMILES string of the molecule is NCC(=O)N[C@@H](Cc1ccccc1)C(=O)C1C2CC3CC(C2)CC1(N)C3. The molecule has 4 saturated carbocycles. The van der Waals surface area contributed by atoms with Crippen LogP contribution in [0.25, 0.3) is 0 Å². The molecule has 1 aromatic carbocycles. The number of carbonyl (C=O) groups is 2. The van der Waals surface area contributed by atoms with Crippen molar-refractivity contribution in [3.05, 3.63) is 35.9 Å². The lowest BCUT2D eigenvalue weighted by molar-refractivity contribution is -0.142. The number of nitrogens with one attached hydrogen (secondary N) is 1. The zero-order valence-corrected chi connectivity index (χ0v) is 15.2. The Hall–Kier alpha value is -1.72. The summed E-state index contributed by atoms with van der Waals surface area (Å²) in [4.78, 5) is 25.5. The molecule has 0 radical (unpaired) electrons. The average molecular weight is 355 g/mol. The summed E-state index contributed by atoms with van der Waals surface area (Å²) in [5.74, 6) is 1.45.